The van der Waals surface area contributed by atoms with Crippen molar-refractivity contribution in [3.05, 3.63) is 69.8 Å². The number of carbonyl (C=O) groups is 1. The minimum atomic E-state index is -0.663. The molecular weight excluding hydrogens is 310 g/mol. The zero-order valence-electron chi connectivity index (χ0n) is 12.7. The Morgan fingerprint density at radius 2 is 2.04 bits per heavy atom. The molecule has 0 atom stereocenters. The molecule has 7 nitrogen and oxygen atoms in total. The highest BCUT2D eigenvalue weighted by Crippen LogP contribution is 2.22. The molecule has 1 N–H and O–H groups in total. The van der Waals surface area contributed by atoms with Crippen molar-refractivity contribution >= 4 is 23.4 Å². The molecule has 7 heteroatoms. The number of benzene rings is 2. The van der Waals surface area contributed by atoms with E-state index in [2.05, 4.69) is 5.32 Å². The largest absolute Gasteiger partial charge is 0.497 e. The Balaban J connectivity index is 2.29. The van der Waals surface area contributed by atoms with E-state index in [0.717, 1.165) is 0 Å². The van der Waals surface area contributed by atoms with Crippen LogP contribution >= 0.6 is 0 Å². The number of nitro groups is 1. The maximum absolute atomic E-state index is 12.2. The number of amides is 1. The summed E-state index contributed by atoms with van der Waals surface area (Å²) in [6.45, 7) is 0. The summed E-state index contributed by atoms with van der Waals surface area (Å²) in [6, 6.07) is 14.3. The summed E-state index contributed by atoms with van der Waals surface area (Å²) >= 11 is 0. The highest BCUT2D eigenvalue weighted by molar-refractivity contribution is 6.10. The lowest BCUT2D eigenvalue weighted by molar-refractivity contribution is -0.385. The molecule has 24 heavy (non-hydrogen) atoms. The smallest absolute Gasteiger partial charge is 0.276 e. The molecule has 0 heterocycles. The fourth-order valence-corrected chi connectivity index (χ4v) is 1.98. The molecular formula is C17H13N3O4. The highest BCUT2D eigenvalue weighted by Gasteiger charge is 2.15. The van der Waals surface area contributed by atoms with E-state index in [-0.39, 0.29) is 16.8 Å². The third kappa shape index (κ3) is 3.96. The maximum atomic E-state index is 12.2. The van der Waals surface area contributed by atoms with Crippen LogP contribution in [-0.4, -0.2) is 17.9 Å². The fraction of sp³-hybridized carbons (Fsp3) is 0.0588. The van der Waals surface area contributed by atoms with Gasteiger partial charge in [0.15, 0.2) is 0 Å². The van der Waals surface area contributed by atoms with E-state index in [9.17, 15) is 20.2 Å². The van der Waals surface area contributed by atoms with Crippen molar-refractivity contribution in [3.8, 4) is 11.8 Å². The van der Waals surface area contributed by atoms with Gasteiger partial charge in [0.2, 0.25) is 0 Å². The van der Waals surface area contributed by atoms with Crippen molar-refractivity contribution in [1.29, 1.82) is 5.26 Å². The Hall–Kier alpha value is -3.66. The van der Waals surface area contributed by atoms with Crippen LogP contribution in [0.15, 0.2) is 54.1 Å². The van der Waals surface area contributed by atoms with Crippen LogP contribution in [0.25, 0.3) is 6.08 Å². The Labute approximate surface area is 137 Å². The molecule has 2 rings (SSSR count). The monoisotopic (exact) mass is 323 g/mol. The van der Waals surface area contributed by atoms with Gasteiger partial charge in [0.25, 0.3) is 11.6 Å². The number of anilines is 1. The standard InChI is InChI=1S/C17H13N3O4/c1-24-15-7-4-6-14(10-15)19-17(21)13(11-18)9-12-5-2-3-8-16(12)20(22)23/h2-10H,1H3,(H,19,21)/b13-9+. The number of methoxy groups -OCH3 is 1. The molecule has 0 aliphatic rings. The average molecular weight is 323 g/mol. The molecule has 2 aromatic carbocycles. The SMILES string of the molecule is COc1cccc(NC(=O)/C(C#N)=C/c2ccccc2[N+](=O)[O-])c1. The lowest BCUT2D eigenvalue weighted by Crippen LogP contribution is -2.13. The molecule has 0 bridgehead atoms. The van der Waals surface area contributed by atoms with Crippen LogP contribution in [0, 0.1) is 21.4 Å². The number of nitrogens with zero attached hydrogens (tertiary/aromatic N) is 2. The molecule has 0 aliphatic heterocycles. The first-order chi connectivity index (χ1) is 11.5. The van der Waals surface area contributed by atoms with Crippen molar-refractivity contribution in [3.63, 3.8) is 0 Å². The molecule has 0 unspecified atom stereocenters. The molecule has 0 radical (unpaired) electrons. The van der Waals surface area contributed by atoms with E-state index in [1.807, 2.05) is 0 Å². The van der Waals surface area contributed by atoms with Crippen LogP contribution in [-0.2, 0) is 4.79 Å². The number of rotatable bonds is 5. The van der Waals surface area contributed by atoms with Gasteiger partial charge in [-0.05, 0) is 24.3 Å². The summed E-state index contributed by atoms with van der Waals surface area (Å²) in [7, 11) is 1.50. The molecule has 120 valence electrons. The molecule has 0 saturated heterocycles. The van der Waals surface area contributed by atoms with Crippen molar-refractivity contribution in [2.45, 2.75) is 0 Å². The van der Waals surface area contributed by atoms with Gasteiger partial charge in [-0.2, -0.15) is 5.26 Å². The third-order valence-corrected chi connectivity index (χ3v) is 3.13. The third-order valence-electron chi connectivity index (χ3n) is 3.13. The number of hydrogen-bond donors (Lipinski definition) is 1. The Morgan fingerprint density at radius 1 is 1.29 bits per heavy atom. The van der Waals surface area contributed by atoms with Gasteiger partial charge in [0.1, 0.15) is 17.4 Å². The van der Waals surface area contributed by atoms with Crippen LogP contribution < -0.4 is 10.1 Å². The molecule has 0 spiro atoms. The lowest BCUT2D eigenvalue weighted by Gasteiger charge is -2.06. The van der Waals surface area contributed by atoms with Crippen LogP contribution in [0.3, 0.4) is 0 Å². The van der Waals surface area contributed by atoms with Crippen molar-refractivity contribution in [2.24, 2.45) is 0 Å². The van der Waals surface area contributed by atoms with E-state index >= 15 is 0 Å². The second-order valence-corrected chi connectivity index (χ2v) is 4.67. The van der Waals surface area contributed by atoms with Crippen LogP contribution in [0.4, 0.5) is 11.4 Å². The van der Waals surface area contributed by atoms with E-state index in [1.54, 1.807) is 36.4 Å². The number of nitro benzene ring substituents is 1. The van der Waals surface area contributed by atoms with Gasteiger partial charge < -0.3 is 10.1 Å². The number of para-hydroxylation sites is 1. The van der Waals surface area contributed by atoms with Crippen molar-refractivity contribution < 1.29 is 14.5 Å². The highest BCUT2D eigenvalue weighted by atomic mass is 16.6. The Bertz CT molecular complexity index is 853. The summed E-state index contributed by atoms with van der Waals surface area (Å²) in [4.78, 5) is 22.6. The van der Waals surface area contributed by atoms with Crippen LogP contribution in [0.1, 0.15) is 5.56 Å². The molecule has 0 saturated carbocycles. The second kappa shape index (κ2) is 7.56. The molecule has 0 aromatic heterocycles. The molecule has 0 fully saturated rings. The molecule has 1 amide bonds. The van der Waals surface area contributed by atoms with Gasteiger partial charge in [-0.15, -0.1) is 0 Å². The van der Waals surface area contributed by atoms with Crippen molar-refractivity contribution in [2.75, 3.05) is 12.4 Å². The Kier molecular flexibility index (Phi) is 5.26. The first-order valence-corrected chi connectivity index (χ1v) is 6.85. The number of carbonyl (C=O) groups excluding carboxylic acids is 1. The number of hydrogen-bond acceptors (Lipinski definition) is 5. The quantitative estimate of drug-likeness (QED) is 0.394. The molecule has 0 aliphatic carbocycles. The van der Waals surface area contributed by atoms with Gasteiger partial charge in [-0.3, -0.25) is 14.9 Å². The van der Waals surface area contributed by atoms with Crippen LogP contribution in [0.5, 0.6) is 5.75 Å². The van der Waals surface area contributed by atoms with Gasteiger partial charge in [0, 0.05) is 17.8 Å². The number of ether oxygens (including phenoxy) is 1. The summed E-state index contributed by atoms with van der Waals surface area (Å²) in [6.07, 6.45) is 1.19. The van der Waals surface area contributed by atoms with E-state index in [4.69, 9.17) is 4.74 Å². The summed E-state index contributed by atoms with van der Waals surface area (Å²) in [5, 5.41) is 22.8. The average Bonchev–Trinajstić information content (AvgIpc) is 2.59. The Morgan fingerprint density at radius 3 is 2.71 bits per heavy atom. The zero-order chi connectivity index (χ0) is 17.5. The van der Waals surface area contributed by atoms with Gasteiger partial charge in [-0.25, -0.2) is 0 Å². The number of nitriles is 1. The van der Waals surface area contributed by atoms with Gasteiger partial charge in [0.05, 0.1) is 17.6 Å². The van der Waals surface area contributed by atoms with Crippen LogP contribution in [0.2, 0.25) is 0 Å². The van der Waals surface area contributed by atoms with Crippen molar-refractivity contribution in [1.82, 2.24) is 0 Å². The normalized spacial score (nSPS) is 10.6. The summed E-state index contributed by atoms with van der Waals surface area (Å²) < 4.78 is 5.06. The molecule has 2 aromatic rings. The van der Waals surface area contributed by atoms with Gasteiger partial charge >= 0.3 is 0 Å². The predicted octanol–water partition coefficient (Wildman–Crippen LogP) is 3.15. The summed E-state index contributed by atoms with van der Waals surface area (Å²) in [5.41, 5.74) is 0.203. The summed E-state index contributed by atoms with van der Waals surface area (Å²) in [5.74, 6) is -0.113. The zero-order valence-corrected chi connectivity index (χ0v) is 12.7. The number of nitrogens with one attached hydrogen (secondary N) is 1. The maximum Gasteiger partial charge on any atom is 0.276 e. The first-order valence-electron chi connectivity index (χ1n) is 6.85. The first kappa shape index (κ1) is 16.7. The minimum Gasteiger partial charge on any atom is -0.497 e. The van der Waals surface area contributed by atoms with E-state index in [0.29, 0.717) is 11.4 Å². The van der Waals surface area contributed by atoms with E-state index in [1.165, 1.54) is 31.4 Å². The fourth-order valence-electron chi connectivity index (χ4n) is 1.98. The topological polar surface area (TPSA) is 105 Å². The lowest BCUT2D eigenvalue weighted by atomic mass is 10.1. The van der Waals surface area contributed by atoms with Gasteiger partial charge in [-0.1, -0.05) is 18.2 Å². The minimum absolute atomic E-state index is 0.180. The predicted molar refractivity (Wildman–Crippen MR) is 88.3 cm³/mol. The van der Waals surface area contributed by atoms with E-state index < -0.39 is 10.8 Å². The second-order valence-electron chi connectivity index (χ2n) is 4.67.